The van der Waals surface area contributed by atoms with E-state index in [1.165, 1.54) is 0 Å². The van der Waals surface area contributed by atoms with Crippen LogP contribution in [0.15, 0.2) is 18.2 Å². The lowest BCUT2D eigenvalue weighted by atomic mass is 10.1. The van der Waals surface area contributed by atoms with Gasteiger partial charge >= 0.3 is 5.97 Å². The Kier molecular flexibility index (Phi) is 4.19. The Labute approximate surface area is 96.2 Å². The van der Waals surface area contributed by atoms with Crippen molar-refractivity contribution in [3.8, 4) is 5.75 Å². The van der Waals surface area contributed by atoms with Crippen LogP contribution in [0, 0.1) is 0 Å². The largest absolute Gasteiger partial charge is 0.496 e. The molecule has 0 amide bonds. The minimum absolute atomic E-state index is 0.0631. The molecule has 1 aromatic carbocycles. The molecule has 0 bridgehead atoms. The van der Waals surface area contributed by atoms with Gasteiger partial charge in [0, 0.05) is 9.99 Å². The van der Waals surface area contributed by atoms with Gasteiger partial charge < -0.3 is 9.84 Å². The molecule has 0 spiro atoms. The highest BCUT2D eigenvalue weighted by Crippen LogP contribution is 2.22. The first-order valence-electron chi connectivity index (χ1n) is 4.11. The number of alkyl halides is 1. The van der Waals surface area contributed by atoms with Crippen LogP contribution in [0.4, 0.5) is 0 Å². The first kappa shape index (κ1) is 11.3. The van der Waals surface area contributed by atoms with Crippen molar-refractivity contribution >= 4 is 28.6 Å². The summed E-state index contributed by atoms with van der Waals surface area (Å²) in [6, 6.07) is 5.47. The van der Waals surface area contributed by atoms with Crippen LogP contribution >= 0.6 is 22.6 Å². The molecule has 0 heterocycles. The molecule has 0 saturated carbocycles. The van der Waals surface area contributed by atoms with E-state index in [1.54, 1.807) is 13.2 Å². The Morgan fingerprint density at radius 2 is 2.29 bits per heavy atom. The molecule has 4 heteroatoms. The molecule has 1 N–H and O–H groups in total. The fourth-order valence-corrected chi connectivity index (χ4v) is 1.82. The van der Waals surface area contributed by atoms with E-state index >= 15 is 0 Å². The number of hydrogen-bond acceptors (Lipinski definition) is 2. The highest BCUT2D eigenvalue weighted by Gasteiger charge is 2.05. The molecule has 0 aliphatic carbocycles. The molecule has 0 fully saturated rings. The molecule has 1 aromatic rings. The summed E-state index contributed by atoms with van der Waals surface area (Å²) >= 11 is 2.23. The van der Waals surface area contributed by atoms with E-state index in [1.807, 2.05) is 12.1 Å². The SMILES string of the molecule is COc1ccc(CC(=O)O)cc1CI. The van der Waals surface area contributed by atoms with Gasteiger partial charge in [-0.05, 0) is 11.6 Å². The molecule has 3 nitrogen and oxygen atoms in total. The zero-order chi connectivity index (χ0) is 10.6. The van der Waals surface area contributed by atoms with Crippen molar-refractivity contribution in [2.24, 2.45) is 0 Å². The van der Waals surface area contributed by atoms with E-state index in [4.69, 9.17) is 9.84 Å². The lowest BCUT2D eigenvalue weighted by Crippen LogP contribution is -2.01. The van der Waals surface area contributed by atoms with Crippen molar-refractivity contribution in [2.45, 2.75) is 10.8 Å². The van der Waals surface area contributed by atoms with E-state index in [9.17, 15) is 4.79 Å². The van der Waals surface area contributed by atoms with Gasteiger partial charge in [0.1, 0.15) is 5.75 Å². The van der Waals surface area contributed by atoms with Crippen molar-refractivity contribution in [1.29, 1.82) is 0 Å². The second-order valence-electron chi connectivity index (χ2n) is 2.85. The molecular weight excluding hydrogens is 295 g/mol. The third kappa shape index (κ3) is 2.87. The molecule has 0 unspecified atom stereocenters. The molecule has 0 aromatic heterocycles. The van der Waals surface area contributed by atoms with Crippen molar-refractivity contribution in [1.82, 2.24) is 0 Å². The van der Waals surface area contributed by atoms with Crippen LogP contribution in [0.1, 0.15) is 11.1 Å². The van der Waals surface area contributed by atoms with Crippen LogP contribution in [-0.4, -0.2) is 18.2 Å². The average Bonchev–Trinajstić information content (AvgIpc) is 2.16. The van der Waals surface area contributed by atoms with E-state index < -0.39 is 5.97 Å². The molecule has 0 aliphatic heterocycles. The lowest BCUT2D eigenvalue weighted by Gasteiger charge is -2.07. The van der Waals surface area contributed by atoms with Gasteiger partial charge in [-0.2, -0.15) is 0 Å². The van der Waals surface area contributed by atoms with Gasteiger partial charge in [0.2, 0.25) is 0 Å². The summed E-state index contributed by atoms with van der Waals surface area (Å²) in [5.74, 6) is 0.00288. The second-order valence-corrected chi connectivity index (χ2v) is 3.61. The van der Waals surface area contributed by atoms with Crippen LogP contribution in [0.3, 0.4) is 0 Å². The summed E-state index contributed by atoms with van der Waals surface area (Å²) in [6.45, 7) is 0. The maximum atomic E-state index is 10.5. The fourth-order valence-electron chi connectivity index (χ4n) is 1.22. The van der Waals surface area contributed by atoms with Crippen molar-refractivity contribution in [3.63, 3.8) is 0 Å². The van der Waals surface area contributed by atoms with Crippen LogP contribution in [0.2, 0.25) is 0 Å². The predicted octanol–water partition coefficient (Wildman–Crippen LogP) is 2.26. The summed E-state index contributed by atoms with van der Waals surface area (Å²) in [7, 11) is 1.61. The Balaban J connectivity index is 2.95. The predicted molar refractivity (Wildman–Crippen MR) is 62.1 cm³/mol. The minimum Gasteiger partial charge on any atom is -0.496 e. The number of rotatable bonds is 4. The van der Waals surface area contributed by atoms with Crippen LogP contribution in [0.25, 0.3) is 0 Å². The van der Waals surface area contributed by atoms with Gasteiger partial charge in [-0.15, -0.1) is 0 Å². The second kappa shape index (κ2) is 5.19. The zero-order valence-electron chi connectivity index (χ0n) is 7.79. The van der Waals surface area contributed by atoms with Gasteiger partial charge in [0.25, 0.3) is 0 Å². The normalized spacial score (nSPS) is 9.86. The smallest absolute Gasteiger partial charge is 0.307 e. The Morgan fingerprint density at radius 3 is 2.79 bits per heavy atom. The van der Waals surface area contributed by atoms with Crippen molar-refractivity contribution < 1.29 is 14.6 Å². The maximum absolute atomic E-state index is 10.5. The molecule has 0 radical (unpaired) electrons. The molecule has 0 atom stereocenters. The van der Waals surface area contributed by atoms with Gasteiger partial charge in [-0.3, -0.25) is 4.79 Å². The van der Waals surface area contributed by atoms with E-state index in [-0.39, 0.29) is 6.42 Å². The third-order valence-corrected chi connectivity index (χ3v) is 2.67. The van der Waals surface area contributed by atoms with Gasteiger partial charge in [-0.1, -0.05) is 34.7 Å². The number of methoxy groups -OCH3 is 1. The summed E-state index contributed by atoms with van der Waals surface area (Å²) in [5, 5.41) is 8.62. The summed E-state index contributed by atoms with van der Waals surface area (Å²) < 4.78 is 5.96. The maximum Gasteiger partial charge on any atom is 0.307 e. The topological polar surface area (TPSA) is 46.5 Å². The zero-order valence-corrected chi connectivity index (χ0v) is 9.95. The van der Waals surface area contributed by atoms with E-state index in [2.05, 4.69) is 22.6 Å². The van der Waals surface area contributed by atoms with Crippen LogP contribution < -0.4 is 4.74 Å². The number of hydrogen-bond donors (Lipinski definition) is 1. The molecule has 1 rings (SSSR count). The molecule has 0 saturated heterocycles. The highest BCUT2D eigenvalue weighted by atomic mass is 127. The van der Waals surface area contributed by atoms with Gasteiger partial charge in [0.15, 0.2) is 0 Å². The van der Waals surface area contributed by atoms with Crippen molar-refractivity contribution in [2.75, 3.05) is 7.11 Å². The lowest BCUT2D eigenvalue weighted by molar-refractivity contribution is -0.136. The quantitative estimate of drug-likeness (QED) is 0.685. The first-order chi connectivity index (χ1) is 6.67. The molecule has 0 aliphatic rings. The Morgan fingerprint density at radius 1 is 1.57 bits per heavy atom. The number of halogens is 1. The van der Waals surface area contributed by atoms with E-state index in [0.29, 0.717) is 0 Å². The Bertz CT molecular complexity index is 336. The Hall–Kier alpha value is -0.780. The first-order valence-corrected chi connectivity index (χ1v) is 5.63. The number of carboxylic acids is 1. The molecular formula is C10H11IO3. The average molecular weight is 306 g/mol. The summed E-state index contributed by atoms with van der Waals surface area (Å²) in [5.41, 5.74) is 1.84. The summed E-state index contributed by atoms with van der Waals surface area (Å²) in [6.07, 6.45) is 0.0631. The fraction of sp³-hybridized carbons (Fsp3) is 0.300. The molecule has 76 valence electrons. The number of benzene rings is 1. The number of carbonyl (C=O) groups is 1. The third-order valence-electron chi connectivity index (χ3n) is 1.84. The number of aliphatic carboxylic acids is 1. The van der Waals surface area contributed by atoms with Gasteiger partial charge in [0.05, 0.1) is 13.5 Å². The van der Waals surface area contributed by atoms with Crippen LogP contribution in [0.5, 0.6) is 5.75 Å². The minimum atomic E-state index is -0.811. The van der Waals surface area contributed by atoms with Gasteiger partial charge in [-0.25, -0.2) is 0 Å². The molecule has 14 heavy (non-hydrogen) atoms. The van der Waals surface area contributed by atoms with Crippen LogP contribution in [-0.2, 0) is 15.6 Å². The monoisotopic (exact) mass is 306 g/mol. The van der Waals surface area contributed by atoms with Crippen molar-refractivity contribution in [3.05, 3.63) is 29.3 Å². The van der Waals surface area contributed by atoms with E-state index in [0.717, 1.165) is 21.3 Å². The standard InChI is InChI=1S/C10H11IO3/c1-14-9-3-2-7(5-10(12)13)4-8(9)6-11/h2-4H,5-6H2,1H3,(H,12,13). The summed E-state index contributed by atoms with van der Waals surface area (Å²) in [4.78, 5) is 10.5. The number of carboxylic acid groups (broad SMARTS) is 1. The number of ether oxygens (including phenoxy) is 1. The highest BCUT2D eigenvalue weighted by molar-refractivity contribution is 14.1.